The van der Waals surface area contributed by atoms with E-state index < -0.39 is 11.7 Å². The average molecular weight is 272 g/mol. The fraction of sp³-hybridized carbons (Fsp3) is 0.727. The number of ether oxygens (including phenoxy) is 1. The Morgan fingerprint density at radius 3 is 2.72 bits per heavy atom. The Balaban J connectivity index is 2.74. The molecule has 0 saturated carbocycles. The largest absolute Gasteiger partial charge is 0.444 e. The molecule has 0 aliphatic carbocycles. The number of nitrogens with one attached hydrogen (secondary N) is 2. The summed E-state index contributed by atoms with van der Waals surface area (Å²) in [6.45, 7) is 9.96. The number of aromatic amines is 1. The maximum atomic E-state index is 11.6. The molecule has 1 unspecified atom stereocenters. The number of amides is 1. The molecule has 6 nitrogen and oxygen atoms in total. The lowest BCUT2D eigenvalue weighted by Crippen LogP contribution is -2.34. The summed E-state index contributed by atoms with van der Waals surface area (Å²) >= 11 is 5.09. The second-order valence-corrected chi connectivity index (χ2v) is 5.39. The molecule has 1 atom stereocenters. The molecule has 1 aromatic heterocycles. The quantitative estimate of drug-likeness (QED) is 0.829. The van der Waals surface area contributed by atoms with Crippen molar-refractivity contribution in [2.45, 2.75) is 52.8 Å². The Hall–Kier alpha value is -1.37. The van der Waals surface area contributed by atoms with Crippen molar-refractivity contribution in [2.24, 2.45) is 0 Å². The van der Waals surface area contributed by atoms with Gasteiger partial charge in [0.05, 0.1) is 6.04 Å². The lowest BCUT2D eigenvalue weighted by Gasteiger charge is -2.21. The van der Waals surface area contributed by atoms with E-state index in [2.05, 4.69) is 15.5 Å². The zero-order valence-electron chi connectivity index (χ0n) is 11.4. The van der Waals surface area contributed by atoms with Crippen LogP contribution in [0.2, 0.25) is 0 Å². The second kappa shape index (κ2) is 5.51. The summed E-state index contributed by atoms with van der Waals surface area (Å²) in [7, 11) is 0. The van der Waals surface area contributed by atoms with Gasteiger partial charge in [-0.05, 0) is 46.8 Å². The minimum atomic E-state index is -0.515. The third-order valence-electron chi connectivity index (χ3n) is 2.22. The van der Waals surface area contributed by atoms with Gasteiger partial charge in [0, 0.05) is 6.54 Å². The zero-order chi connectivity index (χ0) is 13.9. The van der Waals surface area contributed by atoms with Crippen molar-refractivity contribution in [1.29, 1.82) is 0 Å². The molecule has 0 fully saturated rings. The highest BCUT2D eigenvalue weighted by atomic mass is 32.1. The highest BCUT2D eigenvalue weighted by Gasteiger charge is 2.20. The van der Waals surface area contributed by atoms with E-state index in [9.17, 15) is 4.79 Å². The van der Waals surface area contributed by atoms with Crippen LogP contribution in [0.1, 0.15) is 46.5 Å². The van der Waals surface area contributed by atoms with Gasteiger partial charge in [0.15, 0.2) is 10.6 Å². The summed E-state index contributed by atoms with van der Waals surface area (Å²) in [6.07, 6.45) is -0.466. The molecule has 1 heterocycles. The van der Waals surface area contributed by atoms with Gasteiger partial charge in [0.1, 0.15) is 5.60 Å². The van der Waals surface area contributed by atoms with E-state index in [0.29, 0.717) is 17.1 Å². The van der Waals surface area contributed by atoms with Crippen LogP contribution < -0.4 is 5.32 Å². The van der Waals surface area contributed by atoms with Gasteiger partial charge in [0.2, 0.25) is 0 Å². The van der Waals surface area contributed by atoms with E-state index in [1.54, 1.807) is 0 Å². The number of alkyl carbamates (subject to hydrolysis) is 1. The monoisotopic (exact) mass is 272 g/mol. The maximum Gasteiger partial charge on any atom is 0.408 e. The lowest BCUT2D eigenvalue weighted by atomic mass is 10.2. The van der Waals surface area contributed by atoms with Gasteiger partial charge in [0.25, 0.3) is 0 Å². The van der Waals surface area contributed by atoms with Crippen molar-refractivity contribution in [2.75, 3.05) is 0 Å². The molecule has 0 spiro atoms. The van der Waals surface area contributed by atoms with Crippen LogP contribution in [-0.4, -0.2) is 26.5 Å². The number of aromatic nitrogens is 3. The second-order valence-electron chi connectivity index (χ2n) is 5.00. The van der Waals surface area contributed by atoms with E-state index in [1.807, 2.05) is 39.2 Å². The van der Waals surface area contributed by atoms with Crippen LogP contribution in [0.4, 0.5) is 4.79 Å². The van der Waals surface area contributed by atoms with Crippen LogP contribution in [0, 0.1) is 4.77 Å². The minimum Gasteiger partial charge on any atom is -0.444 e. The van der Waals surface area contributed by atoms with Crippen molar-refractivity contribution in [3.05, 3.63) is 10.6 Å². The van der Waals surface area contributed by atoms with Gasteiger partial charge in [-0.1, -0.05) is 0 Å². The highest BCUT2D eigenvalue weighted by Crippen LogP contribution is 2.12. The first-order valence-corrected chi connectivity index (χ1v) is 6.30. The van der Waals surface area contributed by atoms with Crippen molar-refractivity contribution < 1.29 is 9.53 Å². The van der Waals surface area contributed by atoms with Crippen LogP contribution in [0.3, 0.4) is 0 Å². The molecule has 1 rings (SSSR count). The van der Waals surface area contributed by atoms with E-state index >= 15 is 0 Å². The van der Waals surface area contributed by atoms with Crippen LogP contribution >= 0.6 is 12.2 Å². The summed E-state index contributed by atoms with van der Waals surface area (Å²) in [5.74, 6) is 0.688. The van der Waals surface area contributed by atoms with Gasteiger partial charge in [-0.25, -0.2) is 4.79 Å². The van der Waals surface area contributed by atoms with Gasteiger partial charge < -0.3 is 14.6 Å². The first-order valence-electron chi connectivity index (χ1n) is 5.89. The van der Waals surface area contributed by atoms with Gasteiger partial charge in [-0.2, -0.15) is 5.10 Å². The number of hydrogen-bond donors (Lipinski definition) is 2. The number of H-pyrrole nitrogens is 1. The first-order chi connectivity index (χ1) is 8.24. The molecule has 2 N–H and O–H groups in total. The van der Waals surface area contributed by atoms with Gasteiger partial charge in [-0.3, -0.25) is 5.10 Å². The Morgan fingerprint density at radius 1 is 1.61 bits per heavy atom. The number of carbonyl (C=O) groups is 1. The summed E-state index contributed by atoms with van der Waals surface area (Å²) < 4.78 is 7.56. The molecule has 0 saturated heterocycles. The molecule has 0 aliphatic rings. The molecular weight excluding hydrogens is 252 g/mol. The average Bonchev–Trinajstić information content (AvgIpc) is 2.56. The van der Waals surface area contributed by atoms with E-state index in [1.165, 1.54) is 0 Å². The predicted octanol–water partition coefficient (Wildman–Crippen LogP) is 2.55. The van der Waals surface area contributed by atoms with Gasteiger partial charge >= 0.3 is 6.09 Å². The Bertz CT molecular complexity index is 472. The Kier molecular flexibility index (Phi) is 4.50. The fourth-order valence-electron chi connectivity index (χ4n) is 1.51. The molecule has 0 bridgehead atoms. The summed E-state index contributed by atoms with van der Waals surface area (Å²) in [6, 6.07) is -0.271. The SMILES string of the molecule is CCn1c(C(C)NC(=O)OC(C)(C)C)n[nH]c1=S. The summed E-state index contributed by atoms with van der Waals surface area (Å²) in [4.78, 5) is 11.6. The summed E-state index contributed by atoms with van der Waals surface area (Å²) in [5, 5.41) is 9.56. The Morgan fingerprint density at radius 2 is 2.22 bits per heavy atom. The van der Waals surface area contributed by atoms with E-state index in [4.69, 9.17) is 17.0 Å². The van der Waals surface area contributed by atoms with Crippen molar-refractivity contribution in [3.8, 4) is 0 Å². The van der Waals surface area contributed by atoms with E-state index in [0.717, 1.165) is 0 Å². The standard InChI is InChI=1S/C11H20N4O2S/c1-6-15-8(13-14-9(15)18)7(2)12-10(16)17-11(3,4)5/h7H,6H2,1-5H3,(H,12,16)(H,14,18). The fourth-order valence-corrected chi connectivity index (χ4v) is 1.78. The zero-order valence-corrected chi connectivity index (χ0v) is 12.2. The van der Waals surface area contributed by atoms with Crippen LogP contribution in [0.5, 0.6) is 0 Å². The van der Waals surface area contributed by atoms with Crippen LogP contribution in [0.15, 0.2) is 0 Å². The molecule has 0 aliphatic heterocycles. The molecular formula is C11H20N4O2S. The predicted molar refractivity (Wildman–Crippen MR) is 70.9 cm³/mol. The third kappa shape index (κ3) is 3.83. The van der Waals surface area contributed by atoms with Crippen LogP contribution in [-0.2, 0) is 11.3 Å². The topological polar surface area (TPSA) is 71.9 Å². The minimum absolute atomic E-state index is 0.271. The number of rotatable bonds is 3. The first kappa shape index (κ1) is 14.7. The highest BCUT2D eigenvalue weighted by molar-refractivity contribution is 7.71. The molecule has 1 aromatic rings. The van der Waals surface area contributed by atoms with Crippen molar-refractivity contribution >= 4 is 18.3 Å². The number of nitrogens with zero attached hydrogens (tertiary/aromatic N) is 2. The summed E-state index contributed by atoms with van der Waals surface area (Å²) in [5.41, 5.74) is -0.515. The van der Waals surface area contributed by atoms with Crippen molar-refractivity contribution in [3.63, 3.8) is 0 Å². The van der Waals surface area contributed by atoms with Gasteiger partial charge in [-0.15, -0.1) is 0 Å². The molecule has 1 amide bonds. The number of hydrogen-bond acceptors (Lipinski definition) is 4. The Labute approximate surface area is 112 Å². The van der Waals surface area contributed by atoms with Crippen molar-refractivity contribution in [1.82, 2.24) is 20.1 Å². The molecule has 0 radical (unpaired) electrons. The molecule has 0 aromatic carbocycles. The van der Waals surface area contributed by atoms with Crippen LogP contribution in [0.25, 0.3) is 0 Å². The third-order valence-corrected chi connectivity index (χ3v) is 2.54. The normalized spacial score (nSPS) is 13.2. The number of carbonyl (C=O) groups excluding carboxylic acids is 1. The van der Waals surface area contributed by atoms with E-state index in [-0.39, 0.29) is 6.04 Å². The molecule has 7 heteroatoms. The molecule has 18 heavy (non-hydrogen) atoms. The lowest BCUT2D eigenvalue weighted by molar-refractivity contribution is 0.0505. The smallest absolute Gasteiger partial charge is 0.408 e. The maximum absolute atomic E-state index is 11.6. The molecule has 102 valence electrons.